The fourth-order valence-corrected chi connectivity index (χ4v) is 3.94. The Bertz CT molecular complexity index is 311. The second kappa shape index (κ2) is 3.51. The van der Waals surface area contributed by atoms with Gasteiger partial charge in [-0.2, -0.15) is 0 Å². The normalized spacial score (nSPS) is 21.5. The summed E-state index contributed by atoms with van der Waals surface area (Å²) >= 11 is 15.1. The van der Waals surface area contributed by atoms with E-state index < -0.39 is 0 Å². The highest BCUT2D eigenvalue weighted by Gasteiger charge is 2.45. The lowest BCUT2D eigenvalue weighted by Crippen LogP contribution is -2.01. The van der Waals surface area contributed by atoms with Crippen LogP contribution in [-0.4, -0.2) is 0 Å². The van der Waals surface area contributed by atoms with E-state index in [2.05, 4.69) is 44.8 Å². The van der Waals surface area contributed by atoms with Gasteiger partial charge in [0.1, 0.15) is 0 Å². The van der Waals surface area contributed by atoms with Crippen LogP contribution in [0.4, 0.5) is 0 Å². The predicted molar refractivity (Wildman–Crippen MR) is 65.7 cm³/mol. The standard InChI is InChI=1S/C9H9Br2ClS/c1-9(2-3-9)7(12)6-4-5(10)8(11)13-6/h4,7H,2-3H2,1H3. The Labute approximate surface area is 104 Å². The molecule has 1 heterocycles. The van der Waals surface area contributed by atoms with Crippen molar-refractivity contribution in [3.8, 4) is 0 Å². The Morgan fingerprint density at radius 3 is 2.54 bits per heavy atom. The van der Waals surface area contributed by atoms with Crippen LogP contribution in [0, 0.1) is 5.41 Å². The number of thiophene rings is 1. The van der Waals surface area contributed by atoms with E-state index in [1.54, 1.807) is 11.3 Å². The fraction of sp³-hybridized carbons (Fsp3) is 0.556. The molecule has 0 aliphatic heterocycles. The zero-order valence-electron chi connectivity index (χ0n) is 7.11. The molecule has 4 heteroatoms. The minimum atomic E-state index is 0.181. The Morgan fingerprint density at radius 2 is 2.15 bits per heavy atom. The summed E-state index contributed by atoms with van der Waals surface area (Å²) in [6, 6.07) is 2.12. The number of alkyl halides is 1. The van der Waals surface area contributed by atoms with Gasteiger partial charge in [-0.25, -0.2) is 0 Å². The van der Waals surface area contributed by atoms with Gasteiger partial charge in [0.2, 0.25) is 0 Å². The van der Waals surface area contributed by atoms with Gasteiger partial charge < -0.3 is 0 Å². The maximum absolute atomic E-state index is 6.40. The summed E-state index contributed by atoms with van der Waals surface area (Å²) in [5, 5.41) is 0.181. The van der Waals surface area contributed by atoms with Gasteiger partial charge in [-0.05, 0) is 56.2 Å². The maximum atomic E-state index is 6.40. The van der Waals surface area contributed by atoms with E-state index in [-0.39, 0.29) is 5.38 Å². The molecule has 1 aliphatic rings. The largest absolute Gasteiger partial charge is 0.130 e. The van der Waals surface area contributed by atoms with Gasteiger partial charge in [-0.15, -0.1) is 22.9 Å². The molecule has 0 bridgehead atoms. The summed E-state index contributed by atoms with van der Waals surface area (Å²) in [7, 11) is 0. The SMILES string of the molecule is CC1(C(Cl)c2cc(Br)c(Br)s2)CC1. The first-order valence-electron chi connectivity index (χ1n) is 4.12. The van der Waals surface area contributed by atoms with Gasteiger partial charge in [0.25, 0.3) is 0 Å². The summed E-state index contributed by atoms with van der Waals surface area (Å²) in [5.41, 5.74) is 0.352. The molecule has 0 radical (unpaired) electrons. The first-order valence-corrected chi connectivity index (χ1v) is 6.96. The van der Waals surface area contributed by atoms with Crippen LogP contribution in [0.15, 0.2) is 14.3 Å². The monoisotopic (exact) mass is 342 g/mol. The lowest BCUT2D eigenvalue weighted by Gasteiger charge is -2.13. The van der Waals surface area contributed by atoms with Crippen LogP contribution >= 0.6 is 54.8 Å². The molecule has 1 aromatic rings. The highest BCUT2D eigenvalue weighted by Crippen LogP contribution is 2.59. The molecule has 1 aliphatic carbocycles. The van der Waals surface area contributed by atoms with Crippen molar-refractivity contribution in [1.29, 1.82) is 0 Å². The average molecular weight is 344 g/mol. The first kappa shape index (κ1) is 10.5. The molecule has 0 N–H and O–H groups in total. The van der Waals surface area contributed by atoms with Gasteiger partial charge in [-0.3, -0.25) is 0 Å². The van der Waals surface area contributed by atoms with Crippen LogP contribution in [0.1, 0.15) is 30.0 Å². The van der Waals surface area contributed by atoms with E-state index in [1.165, 1.54) is 17.7 Å². The van der Waals surface area contributed by atoms with E-state index in [0.717, 1.165) is 8.26 Å². The molecule has 0 nitrogen and oxygen atoms in total. The minimum Gasteiger partial charge on any atom is -0.130 e. The molecule has 2 rings (SSSR count). The van der Waals surface area contributed by atoms with Crippen molar-refractivity contribution in [1.82, 2.24) is 0 Å². The lowest BCUT2D eigenvalue weighted by atomic mass is 10.0. The highest BCUT2D eigenvalue weighted by molar-refractivity contribution is 9.13. The molecule has 0 saturated heterocycles. The van der Waals surface area contributed by atoms with E-state index in [4.69, 9.17) is 11.6 Å². The van der Waals surface area contributed by atoms with Crippen molar-refractivity contribution in [2.24, 2.45) is 5.41 Å². The van der Waals surface area contributed by atoms with Crippen LogP contribution < -0.4 is 0 Å². The Hall–Kier alpha value is 0.950. The van der Waals surface area contributed by atoms with E-state index in [1.807, 2.05) is 0 Å². The zero-order chi connectivity index (χ0) is 9.64. The molecular formula is C9H9Br2ClS. The second-order valence-corrected chi connectivity index (χ2v) is 7.48. The second-order valence-electron chi connectivity index (χ2n) is 3.79. The summed E-state index contributed by atoms with van der Waals surface area (Å²) < 4.78 is 2.25. The molecule has 0 spiro atoms. The lowest BCUT2D eigenvalue weighted by molar-refractivity contribution is 0.555. The number of hydrogen-bond acceptors (Lipinski definition) is 1. The van der Waals surface area contributed by atoms with Crippen LogP contribution in [0.25, 0.3) is 0 Å². The Kier molecular flexibility index (Phi) is 2.83. The summed E-state index contributed by atoms with van der Waals surface area (Å²) in [6.07, 6.45) is 2.52. The molecule has 0 aromatic carbocycles. The first-order chi connectivity index (χ1) is 6.03. The number of halogens is 3. The van der Waals surface area contributed by atoms with E-state index in [9.17, 15) is 0 Å². The van der Waals surface area contributed by atoms with E-state index in [0.29, 0.717) is 5.41 Å². The van der Waals surface area contributed by atoms with Crippen LogP contribution in [0.5, 0.6) is 0 Å². The van der Waals surface area contributed by atoms with Crippen LogP contribution in [0.3, 0.4) is 0 Å². The van der Waals surface area contributed by atoms with Gasteiger partial charge in [0, 0.05) is 9.35 Å². The number of hydrogen-bond donors (Lipinski definition) is 0. The Balaban J connectivity index is 2.25. The van der Waals surface area contributed by atoms with Crippen molar-refractivity contribution in [2.45, 2.75) is 25.1 Å². The third-order valence-corrected chi connectivity index (χ3v) is 6.78. The van der Waals surface area contributed by atoms with Crippen molar-refractivity contribution < 1.29 is 0 Å². The van der Waals surface area contributed by atoms with Gasteiger partial charge in [0.15, 0.2) is 0 Å². The minimum absolute atomic E-state index is 0.181. The predicted octanol–water partition coefficient (Wildman–Crippen LogP) is 5.35. The van der Waals surface area contributed by atoms with Crippen molar-refractivity contribution >= 4 is 54.8 Å². The van der Waals surface area contributed by atoms with Gasteiger partial charge >= 0.3 is 0 Å². The van der Waals surface area contributed by atoms with Gasteiger partial charge in [0.05, 0.1) is 9.16 Å². The molecule has 1 aromatic heterocycles. The maximum Gasteiger partial charge on any atom is 0.0843 e. The van der Waals surface area contributed by atoms with Crippen LogP contribution in [-0.2, 0) is 0 Å². The molecule has 1 atom stereocenters. The molecular weight excluding hydrogens is 335 g/mol. The number of rotatable bonds is 2. The van der Waals surface area contributed by atoms with Crippen molar-refractivity contribution in [3.63, 3.8) is 0 Å². The highest BCUT2D eigenvalue weighted by atomic mass is 79.9. The zero-order valence-corrected chi connectivity index (χ0v) is 11.9. The molecule has 0 amide bonds. The Morgan fingerprint density at radius 1 is 1.54 bits per heavy atom. The smallest absolute Gasteiger partial charge is 0.0843 e. The quantitative estimate of drug-likeness (QED) is 0.634. The van der Waals surface area contributed by atoms with Crippen molar-refractivity contribution in [2.75, 3.05) is 0 Å². The van der Waals surface area contributed by atoms with Crippen molar-refractivity contribution in [3.05, 3.63) is 19.2 Å². The summed E-state index contributed by atoms with van der Waals surface area (Å²) in [6.45, 7) is 2.26. The molecule has 1 fully saturated rings. The third-order valence-electron chi connectivity index (χ3n) is 2.56. The van der Waals surface area contributed by atoms with Gasteiger partial charge in [-0.1, -0.05) is 6.92 Å². The molecule has 72 valence electrons. The average Bonchev–Trinajstić information content (AvgIpc) is 2.74. The summed E-state index contributed by atoms with van der Waals surface area (Å²) in [5.74, 6) is 0. The molecule has 1 unspecified atom stereocenters. The molecule has 1 saturated carbocycles. The summed E-state index contributed by atoms with van der Waals surface area (Å²) in [4.78, 5) is 1.26. The topological polar surface area (TPSA) is 0 Å². The third kappa shape index (κ3) is 1.99. The van der Waals surface area contributed by atoms with Crippen LogP contribution in [0.2, 0.25) is 0 Å². The van der Waals surface area contributed by atoms with E-state index >= 15 is 0 Å². The fourth-order valence-electron chi connectivity index (χ4n) is 1.28. The molecule has 13 heavy (non-hydrogen) atoms.